The molecule has 2 aromatic carbocycles. The van der Waals surface area contributed by atoms with Crippen molar-refractivity contribution in [2.45, 2.75) is 44.4 Å². The first-order valence-electron chi connectivity index (χ1n) is 10.5. The molecule has 0 aromatic heterocycles. The number of benzene rings is 2. The summed E-state index contributed by atoms with van der Waals surface area (Å²) in [5.74, 6) is 0.823. The van der Waals surface area contributed by atoms with E-state index >= 15 is 0 Å². The van der Waals surface area contributed by atoms with Crippen LogP contribution in [0.15, 0.2) is 48.5 Å². The summed E-state index contributed by atoms with van der Waals surface area (Å²) in [4.78, 5) is 13.1. The number of hydrogen-bond acceptors (Lipinski definition) is 5. The molecule has 30 heavy (non-hydrogen) atoms. The number of ether oxygens (including phenoxy) is 4. The van der Waals surface area contributed by atoms with Gasteiger partial charge in [-0.3, -0.25) is 4.79 Å². The van der Waals surface area contributed by atoms with Gasteiger partial charge in [-0.05, 0) is 35.2 Å². The molecule has 5 rings (SSSR count). The first-order chi connectivity index (χ1) is 14.5. The molecule has 2 aliphatic heterocycles. The van der Waals surface area contributed by atoms with Gasteiger partial charge in [0.1, 0.15) is 0 Å². The van der Waals surface area contributed by atoms with E-state index in [-0.39, 0.29) is 30.1 Å². The van der Waals surface area contributed by atoms with E-state index in [0.717, 1.165) is 23.5 Å². The number of rotatable bonds is 3. The van der Waals surface area contributed by atoms with Gasteiger partial charge in [0, 0.05) is 30.4 Å². The van der Waals surface area contributed by atoms with E-state index in [4.69, 9.17) is 18.9 Å². The number of hydrogen-bond donors (Lipinski definition) is 1. The van der Waals surface area contributed by atoms with Crippen LogP contribution >= 0.6 is 0 Å². The van der Waals surface area contributed by atoms with Crippen LogP contribution in [0, 0.1) is 5.41 Å². The van der Waals surface area contributed by atoms with Crippen LogP contribution in [0.4, 0.5) is 0 Å². The summed E-state index contributed by atoms with van der Waals surface area (Å²) < 4.78 is 23.3. The number of nitrogens with one attached hydrogen (secondary N) is 1. The second-order valence-electron chi connectivity index (χ2n) is 9.01. The lowest BCUT2D eigenvalue weighted by Gasteiger charge is -2.51. The number of amides is 1. The molecule has 0 radical (unpaired) electrons. The van der Waals surface area contributed by atoms with E-state index < -0.39 is 5.79 Å². The third-order valence-electron chi connectivity index (χ3n) is 6.46. The minimum atomic E-state index is -0.613. The average molecular weight is 409 g/mol. The van der Waals surface area contributed by atoms with E-state index in [1.807, 2.05) is 42.5 Å². The lowest BCUT2D eigenvalue weighted by Crippen LogP contribution is -2.57. The maximum Gasteiger partial charge on any atom is 0.251 e. The molecule has 1 spiro atoms. The van der Waals surface area contributed by atoms with Crippen LogP contribution in [0.5, 0.6) is 11.5 Å². The molecule has 2 heterocycles. The zero-order valence-corrected chi connectivity index (χ0v) is 17.4. The third kappa shape index (κ3) is 3.44. The van der Waals surface area contributed by atoms with Gasteiger partial charge in [0.25, 0.3) is 5.91 Å². The van der Waals surface area contributed by atoms with Gasteiger partial charge in [0.2, 0.25) is 6.79 Å². The van der Waals surface area contributed by atoms with Crippen molar-refractivity contribution in [2.24, 2.45) is 5.41 Å². The zero-order chi connectivity index (χ0) is 20.8. The normalized spacial score (nSPS) is 25.9. The molecule has 0 bridgehead atoms. The Morgan fingerprint density at radius 1 is 1.00 bits per heavy atom. The van der Waals surface area contributed by atoms with Crippen molar-refractivity contribution in [3.05, 3.63) is 59.7 Å². The SMILES string of the molecule is CC1(C)CC2(CC(c3ccc4c(c3)OCO4)C1NC(=O)c1ccccc1)OCCO2. The Morgan fingerprint density at radius 2 is 1.73 bits per heavy atom. The second kappa shape index (κ2) is 7.29. The quantitative estimate of drug-likeness (QED) is 0.834. The standard InChI is InChI=1S/C24H27NO5/c1-23(2)14-24(29-10-11-30-24)13-18(17-8-9-19-20(12-17)28-15-27-19)21(23)25-22(26)16-6-4-3-5-7-16/h3-9,12,18,21H,10-11,13-15H2,1-2H3,(H,25,26). The Balaban J connectivity index is 1.51. The molecule has 2 atom stereocenters. The van der Waals surface area contributed by atoms with E-state index in [2.05, 4.69) is 25.2 Å². The molecule has 1 amide bonds. The summed E-state index contributed by atoms with van der Waals surface area (Å²) in [6.07, 6.45) is 1.40. The van der Waals surface area contributed by atoms with E-state index in [9.17, 15) is 4.79 Å². The Labute approximate surface area is 176 Å². The first-order valence-corrected chi connectivity index (χ1v) is 10.5. The summed E-state index contributed by atoms with van der Waals surface area (Å²) in [5, 5.41) is 3.33. The van der Waals surface area contributed by atoms with E-state index in [1.54, 1.807) is 0 Å². The highest BCUT2D eigenvalue weighted by atomic mass is 16.7. The first kappa shape index (κ1) is 19.4. The molecular formula is C24H27NO5. The lowest BCUT2D eigenvalue weighted by molar-refractivity contribution is -0.207. The minimum absolute atomic E-state index is 0.00834. The molecule has 6 heteroatoms. The Morgan fingerprint density at radius 3 is 2.50 bits per heavy atom. The monoisotopic (exact) mass is 409 g/mol. The van der Waals surface area contributed by atoms with Crippen LogP contribution < -0.4 is 14.8 Å². The van der Waals surface area contributed by atoms with Crippen LogP contribution in [-0.4, -0.2) is 37.7 Å². The van der Waals surface area contributed by atoms with Crippen LogP contribution in [0.25, 0.3) is 0 Å². The highest BCUT2D eigenvalue weighted by Gasteiger charge is 2.54. The van der Waals surface area contributed by atoms with Gasteiger partial charge in [-0.1, -0.05) is 38.1 Å². The highest BCUT2D eigenvalue weighted by molar-refractivity contribution is 5.94. The van der Waals surface area contributed by atoms with Gasteiger partial charge in [-0.2, -0.15) is 0 Å². The fraction of sp³-hybridized carbons (Fsp3) is 0.458. The van der Waals surface area contributed by atoms with Crippen molar-refractivity contribution in [2.75, 3.05) is 20.0 Å². The van der Waals surface area contributed by atoms with E-state index in [0.29, 0.717) is 25.2 Å². The predicted molar refractivity (Wildman–Crippen MR) is 111 cm³/mol. The Kier molecular flexibility index (Phi) is 4.71. The number of carbonyl (C=O) groups is 1. The zero-order valence-electron chi connectivity index (χ0n) is 17.4. The van der Waals surface area contributed by atoms with Crippen LogP contribution in [0.1, 0.15) is 48.5 Å². The van der Waals surface area contributed by atoms with Gasteiger partial charge in [0.05, 0.1) is 13.2 Å². The van der Waals surface area contributed by atoms with Gasteiger partial charge >= 0.3 is 0 Å². The smallest absolute Gasteiger partial charge is 0.251 e. The fourth-order valence-electron chi connectivity index (χ4n) is 5.15. The van der Waals surface area contributed by atoms with Crippen molar-refractivity contribution in [3.63, 3.8) is 0 Å². The van der Waals surface area contributed by atoms with Crippen molar-refractivity contribution in [1.29, 1.82) is 0 Å². The van der Waals surface area contributed by atoms with Crippen LogP contribution in [0.3, 0.4) is 0 Å². The van der Waals surface area contributed by atoms with E-state index in [1.165, 1.54) is 0 Å². The van der Waals surface area contributed by atoms with Gasteiger partial charge in [0.15, 0.2) is 17.3 Å². The van der Waals surface area contributed by atoms with Crippen molar-refractivity contribution in [3.8, 4) is 11.5 Å². The van der Waals surface area contributed by atoms with Crippen LogP contribution in [0.2, 0.25) is 0 Å². The molecule has 1 aliphatic carbocycles. The maximum absolute atomic E-state index is 13.1. The molecule has 2 aromatic rings. The molecule has 158 valence electrons. The van der Waals surface area contributed by atoms with Gasteiger partial charge in [-0.15, -0.1) is 0 Å². The summed E-state index contributed by atoms with van der Waals surface area (Å²) in [7, 11) is 0. The maximum atomic E-state index is 13.1. The number of fused-ring (bicyclic) bond motifs is 1. The molecule has 2 fully saturated rings. The molecule has 1 saturated carbocycles. The van der Waals surface area contributed by atoms with Gasteiger partial charge in [-0.25, -0.2) is 0 Å². The summed E-state index contributed by atoms with van der Waals surface area (Å²) in [5.41, 5.74) is 1.50. The largest absolute Gasteiger partial charge is 0.454 e. The van der Waals surface area contributed by atoms with Crippen LogP contribution in [-0.2, 0) is 9.47 Å². The summed E-state index contributed by atoms with van der Waals surface area (Å²) in [6, 6.07) is 15.3. The molecule has 2 unspecified atom stereocenters. The topological polar surface area (TPSA) is 66.0 Å². The van der Waals surface area contributed by atoms with Crippen molar-refractivity contribution in [1.82, 2.24) is 5.32 Å². The fourth-order valence-corrected chi connectivity index (χ4v) is 5.15. The number of carbonyl (C=O) groups excluding carboxylic acids is 1. The third-order valence-corrected chi connectivity index (χ3v) is 6.46. The molecule has 6 nitrogen and oxygen atoms in total. The molecule has 3 aliphatic rings. The average Bonchev–Trinajstić information content (AvgIpc) is 3.39. The second-order valence-corrected chi connectivity index (χ2v) is 9.01. The summed E-state index contributed by atoms with van der Waals surface area (Å²) >= 11 is 0. The van der Waals surface area contributed by atoms with Crippen molar-refractivity contribution < 1.29 is 23.7 Å². The minimum Gasteiger partial charge on any atom is -0.454 e. The van der Waals surface area contributed by atoms with Gasteiger partial charge < -0.3 is 24.3 Å². The molecule has 1 N–H and O–H groups in total. The molecular weight excluding hydrogens is 382 g/mol. The van der Waals surface area contributed by atoms with Crippen molar-refractivity contribution >= 4 is 5.91 Å². The molecule has 1 saturated heterocycles. The highest BCUT2D eigenvalue weighted by Crippen LogP contribution is 2.52. The summed E-state index contributed by atoms with van der Waals surface area (Å²) in [6.45, 7) is 5.79. The predicted octanol–water partition coefficient (Wildman–Crippen LogP) is 3.86. The lowest BCUT2D eigenvalue weighted by atomic mass is 9.63. The Bertz CT molecular complexity index is 936. The Hall–Kier alpha value is -2.57.